The molecule has 0 aromatic heterocycles. The molecule has 0 fully saturated rings. The summed E-state index contributed by atoms with van der Waals surface area (Å²) in [6.07, 6.45) is 0.987. The minimum absolute atomic E-state index is 0.0656. The van der Waals surface area contributed by atoms with Crippen LogP contribution in [0.1, 0.15) is 36.1 Å². The van der Waals surface area contributed by atoms with Crippen LogP contribution in [-0.2, 0) is 11.8 Å². The quantitative estimate of drug-likeness (QED) is 0.361. The van der Waals surface area contributed by atoms with Crippen molar-refractivity contribution >= 4 is 11.6 Å². The maximum Gasteiger partial charge on any atom is 0.0409 e. The molecule has 0 radical (unpaired) electrons. The van der Waals surface area contributed by atoms with Gasteiger partial charge in [0.2, 0.25) is 0 Å². The van der Waals surface area contributed by atoms with Crippen molar-refractivity contribution in [2.24, 2.45) is 0 Å². The summed E-state index contributed by atoms with van der Waals surface area (Å²) in [5.74, 6) is 0. The van der Waals surface area contributed by atoms with E-state index in [9.17, 15) is 0 Å². The summed E-state index contributed by atoms with van der Waals surface area (Å²) in [5, 5.41) is 0.828. The van der Waals surface area contributed by atoms with Crippen LogP contribution in [0.5, 0.6) is 0 Å². The molecule has 2 aliphatic carbocycles. The third-order valence-corrected chi connectivity index (χ3v) is 5.78. The molecule has 0 bridgehead atoms. The van der Waals surface area contributed by atoms with Gasteiger partial charge in [0.1, 0.15) is 0 Å². The second kappa shape index (κ2) is 4.27. The molecule has 5 rings (SSSR count). The number of fused-ring (bicyclic) bond motifs is 6. The first-order valence-electron chi connectivity index (χ1n) is 8.12. The molecular formula is C22H17Cl. The first-order valence-corrected chi connectivity index (χ1v) is 8.49. The third-order valence-electron chi connectivity index (χ3n) is 5.55. The zero-order chi connectivity index (χ0) is 15.8. The molecule has 1 heteroatoms. The molecule has 2 aliphatic rings. The fraction of sp³-hybridized carbons (Fsp3) is 0.182. The zero-order valence-electron chi connectivity index (χ0n) is 13.3. The first kappa shape index (κ1) is 13.4. The Morgan fingerprint density at radius 1 is 0.739 bits per heavy atom. The molecule has 0 amide bonds. The van der Waals surface area contributed by atoms with Gasteiger partial charge in [0.05, 0.1) is 0 Å². The Bertz CT molecular complexity index is 979. The highest BCUT2D eigenvalue weighted by atomic mass is 35.5. The van der Waals surface area contributed by atoms with Crippen LogP contribution in [0.15, 0.2) is 54.6 Å². The van der Waals surface area contributed by atoms with E-state index in [2.05, 4.69) is 62.4 Å². The Balaban J connectivity index is 1.79. The molecular weight excluding hydrogens is 300 g/mol. The Hall–Kier alpha value is -2.05. The minimum Gasteiger partial charge on any atom is -0.0843 e. The number of hydrogen-bond donors (Lipinski definition) is 0. The summed E-state index contributed by atoms with van der Waals surface area (Å²) >= 11 is 6.18. The lowest BCUT2D eigenvalue weighted by Crippen LogP contribution is -2.14. The van der Waals surface area contributed by atoms with Crippen LogP contribution < -0.4 is 0 Å². The molecule has 0 unspecified atom stereocenters. The first-order chi connectivity index (χ1) is 11.1. The van der Waals surface area contributed by atoms with Crippen LogP contribution >= 0.6 is 11.6 Å². The number of rotatable bonds is 0. The van der Waals surface area contributed by atoms with Gasteiger partial charge in [-0.1, -0.05) is 55.8 Å². The highest BCUT2D eigenvalue weighted by Crippen LogP contribution is 2.52. The normalized spacial score (nSPS) is 15.8. The predicted octanol–water partition coefficient (Wildman–Crippen LogP) is 6.22. The van der Waals surface area contributed by atoms with E-state index in [1.54, 1.807) is 0 Å². The summed E-state index contributed by atoms with van der Waals surface area (Å²) in [7, 11) is 0. The Labute approximate surface area is 141 Å². The molecule has 3 aromatic carbocycles. The fourth-order valence-electron chi connectivity index (χ4n) is 4.37. The van der Waals surface area contributed by atoms with Gasteiger partial charge in [-0.05, 0) is 75.2 Å². The van der Waals surface area contributed by atoms with E-state index in [0.29, 0.717) is 0 Å². The topological polar surface area (TPSA) is 0 Å². The Morgan fingerprint density at radius 3 is 2.39 bits per heavy atom. The third kappa shape index (κ3) is 1.67. The van der Waals surface area contributed by atoms with Gasteiger partial charge in [0, 0.05) is 10.4 Å². The Kier molecular flexibility index (Phi) is 2.49. The standard InChI is InChI=1S/C22H17Cl/c1-22(2)20-6-4-3-5-17(20)19-11-14-9-13-10-15(23)7-8-16(13)18(14)12-21(19)22/h3-8,10-12H,9H2,1-2H3. The molecule has 0 aliphatic heterocycles. The molecule has 0 atom stereocenters. The monoisotopic (exact) mass is 316 g/mol. The highest BCUT2D eigenvalue weighted by Gasteiger charge is 2.36. The maximum absolute atomic E-state index is 6.18. The van der Waals surface area contributed by atoms with Gasteiger partial charge in [0.25, 0.3) is 0 Å². The lowest BCUT2D eigenvalue weighted by atomic mass is 9.81. The van der Waals surface area contributed by atoms with Gasteiger partial charge >= 0.3 is 0 Å². The summed E-state index contributed by atoms with van der Waals surface area (Å²) in [4.78, 5) is 0. The average molecular weight is 317 g/mol. The van der Waals surface area contributed by atoms with Crippen molar-refractivity contribution in [2.45, 2.75) is 25.7 Å². The van der Waals surface area contributed by atoms with Crippen molar-refractivity contribution in [1.82, 2.24) is 0 Å². The highest BCUT2D eigenvalue weighted by molar-refractivity contribution is 6.30. The van der Waals surface area contributed by atoms with Crippen LogP contribution in [0.3, 0.4) is 0 Å². The molecule has 0 saturated carbocycles. The van der Waals surface area contributed by atoms with Crippen LogP contribution in [-0.4, -0.2) is 0 Å². The molecule has 0 N–H and O–H groups in total. The van der Waals surface area contributed by atoms with Gasteiger partial charge < -0.3 is 0 Å². The van der Waals surface area contributed by atoms with E-state index in [0.717, 1.165) is 11.4 Å². The van der Waals surface area contributed by atoms with Crippen molar-refractivity contribution in [3.8, 4) is 22.3 Å². The average Bonchev–Trinajstić information content (AvgIpc) is 2.99. The van der Waals surface area contributed by atoms with Crippen molar-refractivity contribution in [1.29, 1.82) is 0 Å². The fourth-order valence-corrected chi connectivity index (χ4v) is 4.56. The van der Waals surface area contributed by atoms with Crippen LogP contribution in [0, 0.1) is 0 Å². The van der Waals surface area contributed by atoms with Gasteiger partial charge in [-0.3, -0.25) is 0 Å². The maximum atomic E-state index is 6.18. The van der Waals surface area contributed by atoms with Crippen LogP contribution in [0.4, 0.5) is 0 Å². The lowest BCUT2D eigenvalue weighted by molar-refractivity contribution is 0.660. The molecule has 23 heavy (non-hydrogen) atoms. The molecule has 0 nitrogen and oxygen atoms in total. The van der Waals surface area contributed by atoms with Crippen molar-refractivity contribution in [2.75, 3.05) is 0 Å². The number of halogens is 1. The lowest BCUT2D eigenvalue weighted by Gasteiger charge is -2.22. The van der Waals surface area contributed by atoms with Gasteiger partial charge in [0.15, 0.2) is 0 Å². The van der Waals surface area contributed by atoms with Crippen LogP contribution in [0.2, 0.25) is 5.02 Å². The van der Waals surface area contributed by atoms with Crippen LogP contribution in [0.25, 0.3) is 22.3 Å². The molecule has 0 saturated heterocycles. The summed E-state index contributed by atoms with van der Waals surface area (Å²) in [6.45, 7) is 4.67. The molecule has 0 heterocycles. The van der Waals surface area contributed by atoms with E-state index in [1.165, 1.54) is 44.5 Å². The van der Waals surface area contributed by atoms with E-state index >= 15 is 0 Å². The second-order valence-corrected chi connectivity index (χ2v) is 7.64. The summed E-state index contributed by atoms with van der Waals surface area (Å²) < 4.78 is 0. The van der Waals surface area contributed by atoms with Gasteiger partial charge in [-0.25, -0.2) is 0 Å². The minimum atomic E-state index is 0.0656. The number of hydrogen-bond acceptors (Lipinski definition) is 0. The van der Waals surface area contributed by atoms with Crippen molar-refractivity contribution in [3.05, 3.63) is 81.9 Å². The van der Waals surface area contributed by atoms with E-state index < -0.39 is 0 Å². The largest absolute Gasteiger partial charge is 0.0843 e. The van der Waals surface area contributed by atoms with Crippen molar-refractivity contribution < 1.29 is 0 Å². The SMILES string of the molecule is CC1(C)c2ccccc2-c2cc3c(cc21)-c1ccc(Cl)cc1C3. The summed E-state index contributed by atoms with van der Waals surface area (Å²) in [5.41, 5.74) is 11.3. The summed E-state index contributed by atoms with van der Waals surface area (Å²) in [6, 6.07) is 19.9. The van der Waals surface area contributed by atoms with E-state index in [1.807, 2.05) is 6.07 Å². The zero-order valence-corrected chi connectivity index (χ0v) is 14.0. The van der Waals surface area contributed by atoms with E-state index in [-0.39, 0.29) is 5.41 Å². The van der Waals surface area contributed by atoms with Gasteiger partial charge in [-0.15, -0.1) is 0 Å². The van der Waals surface area contributed by atoms with Crippen molar-refractivity contribution in [3.63, 3.8) is 0 Å². The van der Waals surface area contributed by atoms with E-state index in [4.69, 9.17) is 11.6 Å². The number of benzene rings is 3. The molecule has 0 spiro atoms. The second-order valence-electron chi connectivity index (χ2n) is 7.20. The Morgan fingerprint density at radius 2 is 1.52 bits per heavy atom. The smallest absolute Gasteiger partial charge is 0.0409 e. The molecule has 3 aromatic rings. The molecule has 112 valence electrons. The predicted molar refractivity (Wildman–Crippen MR) is 97.3 cm³/mol. The van der Waals surface area contributed by atoms with Gasteiger partial charge in [-0.2, -0.15) is 0 Å².